The third-order valence-electron chi connectivity index (χ3n) is 3.02. The Morgan fingerprint density at radius 1 is 1.33 bits per heavy atom. The maximum atomic E-state index is 12.2. The minimum atomic E-state index is -0.480. The van der Waals surface area contributed by atoms with Crippen molar-refractivity contribution >= 4 is 11.8 Å². The summed E-state index contributed by atoms with van der Waals surface area (Å²) in [5, 5.41) is 0. The van der Waals surface area contributed by atoms with Gasteiger partial charge in [0.15, 0.2) is 0 Å². The number of carbonyl (C=O) groups is 1. The van der Waals surface area contributed by atoms with Gasteiger partial charge < -0.3 is 4.74 Å². The summed E-state index contributed by atoms with van der Waals surface area (Å²) in [4.78, 5) is 13.9. The average molecular weight is 241 g/mol. The molecule has 0 spiro atoms. The summed E-state index contributed by atoms with van der Waals surface area (Å²) in [7, 11) is 0. The van der Waals surface area contributed by atoms with Crippen molar-refractivity contribution in [2.45, 2.75) is 32.4 Å². The van der Waals surface area contributed by atoms with Crippen molar-refractivity contribution in [2.24, 2.45) is 0 Å². The van der Waals surface area contributed by atoms with E-state index in [2.05, 4.69) is 5.73 Å². The Morgan fingerprint density at radius 3 is 2.72 bits per heavy atom. The van der Waals surface area contributed by atoms with E-state index in [9.17, 15) is 4.79 Å². The first-order valence-electron chi connectivity index (χ1n) is 6.06. The first kappa shape index (κ1) is 11.1. The molecule has 1 unspecified atom stereocenters. The lowest BCUT2D eigenvalue weighted by Crippen LogP contribution is -2.33. The van der Waals surface area contributed by atoms with Crippen LogP contribution >= 0.6 is 0 Å². The average Bonchev–Trinajstić information content (AvgIpc) is 2.83. The van der Waals surface area contributed by atoms with Gasteiger partial charge in [0.25, 0.3) is 0 Å². The molecule has 0 N–H and O–H groups in total. The van der Waals surface area contributed by atoms with Gasteiger partial charge in [-0.1, -0.05) is 30.0 Å². The molecular formula is C15H15NO2. The van der Waals surface area contributed by atoms with Gasteiger partial charge in [-0.3, -0.25) is 4.90 Å². The molecule has 0 saturated heterocycles. The number of hydrogen-bond acceptors (Lipinski definition) is 2. The first-order valence-corrected chi connectivity index (χ1v) is 6.06. The van der Waals surface area contributed by atoms with E-state index >= 15 is 0 Å². The van der Waals surface area contributed by atoms with Crippen molar-refractivity contribution in [1.82, 2.24) is 4.90 Å². The van der Waals surface area contributed by atoms with Gasteiger partial charge in [-0.2, -0.15) is 0 Å². The maximum absolute atomic E-state index is 12.2. The van der Waals surface area contributed by atoms with Crippen LogP contribution in [0.15, 0.2) is 36.1 Å². The van der Waals surface area contributed by atoms with Gasteiger partial charge in [0, 0.05) is 5.56 Å². The third-order valence-corrected chi connectivity index (χ3v) is 3.02. The Bertz CT molecular complexity index is 589. The summed E-state index contributed by atoms with van der Waals surface area (Å²) < 4.78 is 5.44. The monoisotopic (exact) mass is 241 g/mol. The largest absolute Gasteiger partial charge is 0.443 e. The maximum Gasteiger partial charge on any atom is 0.416 e. The van der Waals surface area contributed by atoms with Crippen molar-refractivity contribution in [2.75, 3.05) is 0 Å². The van der Waals surface area contributed by atoms with E-state index in [-0.39, 0.29) is 12.1 Å². The second kappa shape index (κ2) is 3.50. The number of nitrogens with zero attached hydrogens (tertiary/aromatic N) is 1. The summed E-state index contributed by atoms with van der Waals surface area (Å²) >= 11 is 0. The molecule has 3 heteroatoms. The van der Waals surface area contributed by atoms with Crippen LogP contribution in [0.3, 0.4) is 0 Å². The van der Waals surface area contributed by atoms with Crippen molar-refractivity contribution in [1.29, 1.82) is 0 Å². The number of fused-ring (bicyclic) bond motifs is 5. The number of benzene rings is 1. The van der Waals surface area contributed by atoms with Gasteiger partial charge in [-0.25, -0.2) is 4.79 Å². The fourth-order valence-corrected chi connectivity index (χ4v) is 2.36. The zero-order chi connectivity index (χ0) is 12.9. The van der Waals surface area contributed by atoms with Crippen molar-refractivity contribution in [3.8, 4) is 0 Å². The highest BCUT2D eigenvalue weighted by atomic mass is 16.6. The minimum absolute atomic E-state index is 0.0500. The molecule has 18 heavy (non-hydrogen) atoms. The van der Waals surface area contributed by atoms with Gasteiger partial charge in [-0.15, -0.1) is 0 Å². The molecule has 0 aliphatic carbocycles. The normalized spacial score (nSPS) is 19.8. The van der Waals surface area contributed by atoms with E-state index in [1.165, 1.54) is 0 Å². The van der Waals surface area contributed by atoms with Crippen LogP contribution in [0.2, 0.25) is 0 Å². The summed E-state index contributed by atoms with van der Waals surface area (Å²) in [5.41, 5.74) is 5.72. The molecule has 92 valence electrons. The lowest BCUT2D eigenvalue weighted by Gasteiger charge is -2.25. The molecule has 1 amide bonds. The molecule has 3 nitrogen and oxygen atoms in total. The Hall–Kier alpha value is -1.99. The second-order valence-electron chi connectivity index (χ2n) is 5.54. The third kappa shape index (κ3) is 1.56. The number of carbonyl (C=O) groups excluding carboxylic acids is 1. The van der Waals surface area contributed by atoms with E-state index in [1.54, 1.807) is 4.90 Å². The van der Waals surface area contributed by atoms with E-state index in [0.717, 1.165) is 16.8 Å². The van der Waals surface area contributed by atoms with Gasteiger partial charge in [0.1, 0.15) is 5.60 Å². The molecule has 1 aromatic carbocycles. The van der Waals surface area contributed by atoms with Crippen molar-refractivity contribution in [3.63, 3.8) is 0 Å². The second-order valence-corrected chi connectivity index (χ2v) is 5.54. The highest BCUT2D eigenvalue weighted by Gasteiger charge is 2.41. The van der Waals surface area contributed by atoms with Gasteiger partial charge in [-0.05, 0) is 32.4 Å². The highest BCUT2D eigenvalue weighted by molar-refractivity contribution is 5.89. The minimum Gasteiger partial charge on any atom is -0.443 e. The van der Waals surface area contributed by atoms with Crippen LogP contribution < -0.4 is 0 Å². The van der Waals surface area contributed by atoms with Crippen LogP contribution in [-0.2, 0) is 4.74 Å². The Kier molecular flexibility index (Phi) is 2.16. The molecule has 1 atom stereocenters. The first-order chi connectivity index (χ1) is 8.47. The van der Waals surface area contributed by atoms with Crippen LogP contribution in [0.5, 0.6) is 0 Å². The molecule has 2 aliphatic rings. The molecule has 2 heterocycles. The molecule has 0 radical (unpaired) electrons. The number of hydrogen-bond donors (Lipinski definition) is 0. The standard InChI is InChI=1S/C15H15NO2/c1-15(2,3)18-14(17)16-12-8-9-13(16)11-7-5-4-6-10(11)12/h4-8,12H,1-3H3. The smallest absolute Gasteiger partial charge is 0.416 e. The Balaban J connectivity index is 1.93. The van der Waals surface area contributed by atoms with E-state index in [4.69, 9.17) is 4.74 Å². The van der Waals surface area contributed by atoms with Gasteiger partial charge in [0.05, 0.1) is 11.7 Å². The van der Waals surface area contributed by atoms with Crippen LogP contribution in [-0.4, -0.2) is 16.6 Å². The van der Waals surface area contributed by atoms with E-state index in [1.807, 2.05) is 51.1 Å². The van der Waals surface area contributed by atoms with E-state index < -0.39 is 5.60 Å². The van der Waals surface area contributed by atoms with Crippen LogP contribution in [0.4, 0.5) is 4.79 Å². The Labute approximate surface area is 106 Å². The van der Waals surface area contributed by atoms with Crippen molar-refractivity contribution < 1.29 is 9.53 Å². The van der Waals surface area contributed by atoms with Crippen molar-refractivity contribution in [3.05, 3.63) is 47.2 Å². The Morgan fingerprint density at radius 2 is 2.06 bits per heavy atom. The molecule has 0 fully saturated rings. The fraction of sp³-hybridized carbons (Fsp3) is 0.333. The summed E-state index contributed by atoms with van der Waals surface area (Å²) in [6.45, 7) is 5.62. The zero-order valence-electron chi connectivity index (χ0n) is 10.7. The SMILES string of the molecule is CC(C)(C)OC(=O)N1C2=C=CC1c1ccccc12. The number of ether oxygens (including phenoxy) is 1. The summed E-state index contributed by atoms with van der Waals surface area (Å²) in [6.07, 6.45) is 1.61. The number of rotatable bonds is 0. The highest BCUT2D eigenvalue weighted by Crippen LogP contribution is 2.45. The predicted octanol–water partition coefficient (Wildman–Crippen LogP) is 3.49. The lowest BCUT2D eigenvalue weighted by molar-refractivity contribution is 0.0334. The molecule has 3 rings (SSSR count). The molecule has 0 saturated carbocycles. The summed E-state index contributed by atoms with van der Waals surface area (Å²) in [5.74, 6) is 0. The molecule has 2 bridgehead atoms. The van der Waals surface area contributed by atoms with E-state index in [0.29, 0.717) is 0 Å². The fourth-order valence-electron chi connectivity index (χ4n) is 2.36. The van der Waals surface area contributed by atoms with Crippen LogP contribution in [0.25, 0.3) is 5.70 Å². The summed E-state index contributed by atoms with van der Waals surface area (Å²) in [6, 6.07) is 7.97. The molecular weight excluding hydrogens is 226 g/mol. The molecule has 0 aromatic heterocycles. The van der Waals surface area contributed by atoms with Crippen LogP contribution in [0.1, 0.15) is 37.9 Å². The number of amides is 1. The van der Waals surface area contributed by atoms with Crippen LogP contribution in [0, 0.1) is 0 Å². The quantitative estimate of drug-likeness (QED) is 0.651. The zero-order valence-corrected chi connectivity index (χ0v) is 10.7. The molecule has 2 aliphatic heterocycles. The topological polar surface area (TPSA) is 29.5 Å². The van der Waals surface area contributed by atoms with Gasteiger partial charge in [0.2, 0.25) is 0 Å². The lowest BCUT2D eigenvalue weighted by atomic mass is 10.0. The molecule has 1 aromatic rings. The van der Waals surface area contributed by atoms with Gasteiger partial charge >= 0.3 is 6.09 Å². The predicted molar refractivity (Wildman–Crippen MR) is 68.7 cm³/mol.